The Labute approximate surface area is 261 Å². The second-order valence-corrected chi connectivity index (χ2v) is 11.6. The van der Waals surface area contributed by atoms with E-state index < -0.39 is 0 Å². The van der Waals surface area contributed by atoms with Crippen molar-refractivity contribution in [2.24, 2.45) is 0 Å². The zero-order valence-electron chi connectivity index (χ0n) is 27.0. The Morgan fingerprint density at radius 3 is 1.93 bits per heavy atom. The first kappa shape index (κ1) is 31.1. The molecule has 0 aliphatic rings. The topological polar surface area (TPSA) is 115 Å². The van der Waals surface area contributed by atoms with Crippen LogP contribution in [0.15, 0.2) is 67.3 Å². The van der Waals surface area contributed by atoms with Crippen molar-refractivity contribution in [2.75, 3.05) is 0 Å². The van der Waals surface area contributed by atoms with E-state index in [0.29, 0.717) is 5.52 Å². The van der Waals surface area contributed by atoms with E-state index in [2.05, 4.69) is 85.4 Å². The van der Waals surface area contributed by atoms with E-state index in [4.69, 9.17) is 0 Å². The third-order valence-corrected chi connectivity index (χ3v) is 7.60. The fraction of sp³-hybridized carbons (Fsp3) is 0.222. The predicted molar refractivity (Wildman–Crippen MR) is 182 cm³/mol. The van der Waals surface area contributed by atoms with Gasteiger partial charge >= 0.3 is 0 Å². The number of pyridine rings is 2. The molecule has 230 valence electrons. The van der Waals surface area contributed by atoms with Crippen molar-refractivity contribution in [3.05, 3.63) is 118 Å². The summed E-state index contributed by atoms with van der Waals surface area (Å²) in [5.41, 5.74) is 12.6. The van der Waals surface area contributed by atoms with Crippen molar-refractivity contribution < 1.29 is 4.39 Å². The van der Waals surface area contributed by atoms with Gasteiger partial charge < -0.3 is 9.97 Å². The van der Waals surface area contributed by atoms with Crippen LogP contribution in [0.5, 0.6) is 0 Å². The number of nitrogens with one attached hydrogen (secondary N) is 4. The number of halogens is 1. The number of aryl methyl sites for hydroxylation is 8. The van der Waals surface area contributed by atoms with E-state index in [1.807, 2.05) is 71.5 Å². The Kier molecular flexibility index (Phi) is 9.08. The molecule has 0 unspecified atom stereocenters. The van der Waals surface area contributed by atoms with Crippen LogP contribution in [0.3, 0.4) is 0 Å². The molecule has 0 atom stereocenters. The van der Waals surface area contributed by atoms with Gasteiger partial charge in [0.2, 0.25) is 0 Å². The molecule has 8 rings (SSSR count). The highest BCUT2D eigenvalue weighted by Crippen LogP contribution is 2.22. The molecule has 0 amide bonds. The van der Waals surface area contributed by atoms with Crippen molar-refractivity contribution in [1.82, 2.24) is 40.3 Å². The standard InChI is InChI=1S/C10H10FN.2C9H10N2.C8H9N3/c1-6-3-8-7(2)5-12-10(8)9(11)4-6;1-6-3-8-7(2)5-11-9(8)10-4-6;1-6-3-4-9-8(5-6)7(2)10-11-9;1-5-3-7-6(2)10-11-8(7)9-4-5/h3-5,12H,1-2H3;2*3-5H,1-2H3,(H,10,11);3-4H,1-2H3,(H,9,10,11). The first-order valence-corrected chi connectivity index (χ1v) is 14.8. The van der Waals surface area contributed by atoms with Gasteiger partial charge in [0.15, 0.2) is 5.65 Å². The quantitative estimate of drug-likeness (QED) is 0.139. The molecule has 0 aliphatic carbocycles. The molecule has 45 heavy (non-hydrogen) atoms. The summed E-state index contributed by atoms with van der Waals surface area (Å²) in [6.07, 6.45) is 7.51. The van der Waals surface area contributed by atoms with Gasteiger partial charge in [-0.3, -0.25) is 10.2 Å². The molecule has 0 saturated heterocycles. The smallest absolute Gasteiger partial charge is 0.181 e. The van der Waals surface area contributed by atoms with Gasteiger partial charge in [0, 0.05) is 57.7 Å². The lowest BCUT2D eigenvalue weighted by molar-refractivity contribution is 0.636. The van der Waals surface area contributed by atoms with Gasteiger partial charge in [-0.15, -0.1) is 0 Å². The van der Waals surface area contributed by atoms with Crippen LogP contribution in [-0.4, -0.2) is 40.3 Å². The van der Waals surface area contributed by atoms with Gasteiger partial charge in [0.25, 0.3) is 0 Å². The van der Waals surface area contributed by atoms with Crippen molar-refractivity contribution in [3.8, 4) is 0 Å². The Balaban J connectivity index is 0.000000119. The van der Waals surface area contributed by atoms with Gasteiger partial charge in [-0.2, -0.15) is 10.2 Å². The van der Waals surface area contributed by atoms with Crippen molar-refractivity contribution >= 4 is 43.9 Å². The van der Waals surface area contributed by atoms with Crippen LogP contribution in [0.4, 0.5) is 4.39 Å². The largest absolute Gasteiger partial charge is 0.359 e. The Bertz CT molecular complexity index is 2050. The molecule has 0 spiro atoms. The second-order valence-electron chi connectivity index (χ2n) is 11.6. The Morgan fingerprint density at radius 2 is 1.16 bits per heavy atom. The molecule has 0 fully saturated rings. The van der Waals surface area contributed by atoms with Crippen molar-refractivity contribution in [1.29, 1.82) is 0 Å². The molecule has 0 radical (unpaired) electrons. The zero-order chi connectivity index (χ0) is 32.2. The highest BCUT2D eigenvalue weighted by Gasteiger charge is 2.05. The lowest BCUT2D eigenvalue weighted by Crippen LogP contribution is -1.80. The van der Waals surface area contributed by atoms with E-state index >= 15 is 0 Å². The van der Waals surface area contributed by atoms with Crippen LogP contribution in [0.25, 0.3) is 43.9 Å². The fourth-order valence-electron chi connectivity index (χ4n) is 5.07. The van der Waals surface area contributed by atoms with Crippen LogP contribution in [0, 0.1) is 61.2 Å². The van der Waals surface area contributed by atoms with Gasteiger partial charge in [-0.25, -0.2) is 14.4 Å². The number of aromatic amines is 4. The van der Waals surface area contributed by atoms with E-state index in [1.165, 1.54) is 39.1 Å². The first-order chi connectivity index (χ1) is 21.5. The maximum Gasteiger partial charge on any atom is 0.181 e. The van der Waals surface area contributed by atoms with Gasteiger partial charge in [-0.05, 0) is 120 Å². The average molecular weight is 603 g/mol. The summed E-state index contributed by atoms with van der Waals surface area (Å²) in [5.74, 6) is -0.168. The summed E-state index contributed by atoms with van der Waals surface area (Å²) >= 11 is 0. The number of fused-ring (bicyclic) bond motifs is 4. The predicted octanol–water partition coefficient (Wildman–Crippen LogP) is 8.86. The highest BCUT2D eigenvalue weighted by molar-refractivity contribution is 5.84. The van der Waals surface area contributed by atoms with Gasteiger partial charge in [0.1, 0.15) is 11.5 Å². The Hall–Kier alpha value is -5.31. The Morgan fingerprint density at radius 1 is 0.556 bits per heavy atom. The molecular formula is C36H39FN8. The summed E-state index contributed by atoms with van der Waals surface area (Å²) in [4.78, 5) is 14.4. The normalized spacial score (nSPS) is 10.8. The maximum atomic E-state index is 13.2. The summed E-state index contributed by atoms with van der Waals surface area (Å²) < 4.78 is 13.2. The van der Waals surface area contributed by atoms with Crippen LogP contribution in [0.2, 0.25) is 0 Å². The van der Waals surface area contributed by atoms with E-state index in [1.54, 1.807) is 0 Å². The minimum Gasteiger partial charge on any atom is -0.359 e. The number of rotatable bonds is 0. The minimum atomic E-state index is -0.168. The molecular weight excluding hydrogens is 563 g/mol. The van der Waals surface area contributed by atoms with Crippen molar-refractivity contribution in [3.63, 3.8) is 0 Å². The molecule has 0 saturated carbocycles. The van der Waals surface area contributed by atoms with Crippen LogP contribution in [0.1, 0.15) is 44.8 Å². The van der Waals surface area contributed by atoms with Crippen LogP contribution in [-0.2, 0) is 0 Å². The number of aromatic nitrogens is 8. The summed E-state index contributed by atoms with van der Waals surface area (Å²) in [7, 11) is 0. The molecule has 8 aromatic rings. The monoisotopic (exact) mass is 602 g/mol. The lowest BCUT2D eigenvalue weighted by Gasteiger charge is -1.96. The number of benzene rings is 2. The molecule has 8 nitrogen and oxygen atoms in total. The first-order valence-electron chi connectivity index (χ1n) is 14.8. The van der Waals surface area contributed by atoms with E-state index in [-0.39, 0.29) is 5.82 Å². The summed E-state index contributed by atoms with van der Waals surface area (Å²) in [6, 6.07) is 14.0. The maximum absolute atomic E-state index is 13.2. The molecule has 2 aromatic carbocycles. The number of hydrogen-bond acceptors (Lipinski definition) is 4. The molecule has 9 heteroatoms. The third kappa shape index (κ3) is 7.09. The van der Waals surface area contributed by atoms with Gasteiger partial charge in [-0.1, -0.05) is 11.6 Å². The highest BCUT2D eigenvalue weighted by atomic mass is 19.1. The van der Waals surface area contributed by atoms with Crippen molar-refractivity contribution in [2.45, 2.75) is 55.4 Å². The number of hydrogen-bond donors (Lipinski definition) is 4. The average Bonchev–Trinajstić information content (AvgIpc) is 3.77. The van der Waals surface area contributed by atoms with Gasteiger partial charge in [0.05, 0.1) is 11.0 Å². The van der Waals surface area contributed by atoms with Crippen LogP contribution >= 0.6 is 0 Å². The zero-order valence-corrected chi connectivity index (χ0v) is 27.0. The van der Waals surface area contributed by atoms with Crippen LogP contribution < -0.4 is 0 Å². The van der Waals surface area contributed by atoms with E-state index in [0.717, 1.165) is 50.1 Å². The second kappa shape index (κ2) is 13.1. The molecule has 6 aromatic heterocycles. The molecule has 4 N–H and O–H groups in total. The number of nitrogens with zero attached hydrogens (tertiary/aromatic N) is 4. The molecule has 0 bridgehead atoms. The third-order valence-electron chi connectivity index (χ3n) is 7.60. The molecule has 0 aliphatic heterocycles. The summed E-state index contributed by atoms with van der Waals surface area (Å²) in [5, 5.41) is 18.6. The van der Waals surface area contributed by atoms with E-state index in [9.17, 15) is 4.39 Å². The SMILES string of the molecule is Cc1cc(F)c2[nH]cc(C)c2c1.Cc1ccc2n[nH]c(C)c2c1.Cc1cnc2[nH]cc(C)c2c1.Cc1cnc2n[nH]c(C)c2c1. The minimum absolute atomic E-state index is 0.168. The summed E-state index contributed by atoms with van der Waals surface area (Å²) in [6.45, 7) is 16.2. The lowest BCUT2D eigenvalue weighted by atomic mass is 10.1. The fourth-order valence-corrected chi connectivity index (χ4v) is 5.07. The molecule has 6 heterocycles. The number of H-pyrrole nitrogens is 4.